The lowest BCUT2D eigenvalue weighted by atomic mass is 10.0. The normalized spacial score (nSPS) is 12.5. The molecule has 0 radical (unpaired) electrons. The van der Waals surface area contributed by atoms with E-state index in [-0.39, 0.29) is 18.5 Å². The molecule has 2 unspecified atom stereocenters. The van der Waals surface area contributed by atoms with Gasteiger partial charge in [-0.3, -0.25) is 9.59 Å². The molecule has 0 saturated heterocycles. The number of esters is 1. The Morgan fingerprint density at radius 2 is 0.631 bits per heavy atom. The average Bonchev–Trinajstić information content (AvgIpc) is 3.31. The Balaban J connectivity index is 3.38. The summed E-state index contributed by atoms with van der Waals surface area (Å²) < 4.78 is 5.47. The van der Waals surface area contributed by atoms with Gasteiger partial charge in [0.15, 0.2) is 0 Å². The molecule has 388 valence electrons. The summed E-state index contributed by atoms with van der Waals surface area (Å²) in [5.74, 6) is -0.0214. The van der Waals surface area contributed by atoms with Crippen molar-refractivity contribution in [3.8, 4) is 0 Å². The van der Waals surface area contributed by atoms with Crippen molar-refractivity contribution in [2.75, 3.05) is 13.2 Å². The first-order chi connectivity index (χ1) is 32.0. The molecular weight excluding hydrogens is 803 g/mol. The van der Waals surface area contributed by atoms with Crippen molar-refractivity contribution in [1.82, 2.24) is 5.32 Å². The summed E-state index contributed by atoms with van der Waals surface area (Å²) in [4.78, 5) is 24.5. The summed E-state index contributed by atoms with van der Waals surface area (Å²) in [6.45, 7) is 4.97. The number of nitrogens with one attached hydrogen (secondary N) is 1. The van der Waals surface area contributed by atoms with Gasteiger partial charge in [0.05, 0.1) is 25.4 Å². The SMILES string of the molecule is CCCCCCCCCCCCCCCCCCC(O)C(CO)NC(=O)CCCCCCCCCCCCCCCCCCCCCCOC(=O)CCCCCCCCCCCCCC. The summed E-state index contributed by atoms with van der Waals surface area (Å²) in [6, 6.07) is -0.541. The second kappa shape index (κ2) is 55.5. The van der Waals surface area contributed by atoms with Gasteiger partial charge in [0.25, 0.3) is 0 Å². The van der Waals surface area contributed by atoms with Crippen LogP contribution in [0.25, 0.3) is 0 Å². The van der Waals surface area contributed by atoms with Gasteiger partial charge in [-0.25, -0.2) is 0 Å². The second-order valence-electron chi connectivity index (χ2n) is 20.7. The first-order valence-electron chi connectivity index (χ1n) is 29.8. The van der Waals surface area contributed by atoms with Crippen LogP contribution in [-0.4, -0.2) is 47.4 Å². The Labute approximate surface area is 406 Å². The Morgan fingerprint density at radius 1 is 0.369 bits per heavy atom. The summed E-state index contributed by atoms with van der Waals surface area (Å²) in [6.07, 6.45) is 63.8. The summed E-state index contributed by atoms with van der Waals surface area (Å²) in [5.41, 5.74) is 0. The quantitative estimate of drug-likeness (QED) is 0.0417. The first-order valence-corrected chi connectivity index (χ1v) is 29.8. The van der Waals surface area contributed by atoms with Gasteiger partial charge in [0.2, 0.25) is 5.91 Å². The van der Waals surface area contributed by atoms with Crippen LogP contribution in [0.15, 0.2) is 0 Å². The molecule has 0 aliphatic carbocycles. The van der Waals surface area contributed by atoms with E-state index in [2.05, 4.69) is 19.2 Å². The molecular formula is C59H117NO5. The average molecular weight is 921 g/mol. The van der Waals surface area contributed by atoms with Crippen LogP contribution in [0.3, 0.4) is 0 Å². The van der Waals surface area contributed by atoms with Crippen LogP contribution in [0.5, 0.6) is 0 Å². The van der Waals surface area contributed by atoms with Gasteiger partial charge in [-0.1, -0.05) is 303 Å². The molecule has 6 heteroatoms. The third-order valence-corrected chi connectivity index (χ3v) is 14.2. The van der Waals surface area contributed by atoms with Gasteiger partial charge < -0.3 is 20.3 Å². The van der Waals surface area contributed by atoms with Crippen LogP contribution in [0, 0.1) is 0 Å². The Bertz CT molecular complexity index is 928. The van der Waals surface area contributed by atoms with E-state index in [4.69, 9.17) is 4.74 Å². The summed E-state index contributed by atoms with van der Waals surface area (Å²) in [5, 5.41) is 23.3. The van der Waals surface area contributed by atoms with Crippen LogP contribution in [0.1, 0.15) is 341 Å². The molecule has 0 aromatic carbocycles. The van der Waals surface area contributed by atoms with Crippen LogP contribution in [0.4, 0.5) is 0 Å². The standard InChI is InChI=1S/C59H117NO5/c1-3-5-7-9-11-13-15-17-18-25-28-31-35-39-43-47-51-57(62)56(55-61)60-58(63)52-48-44-40-36-32-29-26-23-21-19-20-22-24-27-30-34-38-42-46-50-54-65-59(64)53-49-45-41-37-33-16-14-12-10-8-6-4-2/h56-57,61-62H,3-55H2,1-2H3,(H,60,63). The number of carbonyl (C=O) groups is 2. The third-order valence-electron chi connectivity index (χ3n) is 14.2. The lowest BCUT2D eigenvalue weighted by Gasteiger charge is -2.22. The predicted octanol–water partition coefficient (Wildman–Crippen LogP) is 18.3. The van der Waals surface area contributed by atoms with Crippen LogP contribution in [0.2, 0.25) is 0 Å². The van der Waals surface area contributed by atoms with Crippen molar-refractivity contribution < 1.29 is 24.5 Å². The highest BCUT2D eigenvalue weighted by atomic mass is 16.5. The van der Waals surface area contributed by atoms with Gasteiger partial charge in [0, 0.05) is 12.8 Å². The van der Waals surface area contributed by atoms with E-state index in [9.17, 15) is 19.8 Å². The van der Waals surface area contributed by atoms with Gasteiger partial charge in [-0.05, 0) is 25.7 Å². The molecule has 6 nitrogen and oxygen atoms in total. The van der Waals surface area contributed by atoms with Crippen molar-refractivity contribution >= 4 is 11.9 Å². The number of aliphatic hydroxyl groups is 2. The van der Waals surface area contributed by atoms with Crippen LogP contribution in [-0.2, 0) is 14.3 Å². The number of unbranched alkanes of at least 4 members (excludes halogenated alkanes) is 45. The highest BCUT2D eigenvalue weighted by molar-refractivity contribution is 5.76. The molecule has 2 atom stereocenters. The van der Waals surface area contributed by atoms with E-state index < -0.39 is 12.1 Å². The van der Waals surface area contributed by atoms with E-state index in [1.807, 2.05) is 0 Å². The molecule has 0 aromatic rings. The number of carbonyl (C=O) groups excluding carboxylic acids is 2. The van der Waals surface area contributed by atoms with Gasteiger partial charge in [-0.15, -0.1) is 0 Å². The summed E-state index contributed by atoms with van der Waals surface area (Å²) >= 11 is 0. The zero-order valence-corrected chi connectivity index (χ0v) is 44.3. The maximum Gasteiger partial charge on any atom is 0.305 e. The van der Waals surface area contributed by atoms with Gasteiger partial charge >= 0.3 is 5.97 Å². The molecule has 0 heterocycles. The largest absolute Gasteiger partial charge is 0.466 e. The maximum atomic E-state index is 12.5. The lowest BCUT2D eigenvalue weighted by molar-refractivity contribution is -0.143. The first kappa shape index (κ1) is 63.9. The minimum absolute atomic E-state index is 0.0122. The molecule has 0 spiro atoms. The number of rotatable bonds is 56. The molecule has 0 saturated carbocycles. The molecule has 65 heavy (non-hydrogen) atoms. The third kappa shape index (κ3) is 52.1. The molecule has 1 amide bonds. The van der Waals surface area contributed by atoms with Gasteiger partial charge in [0.1, 0.15) is 0 Å². The number of hydrogen-bond donors (Lipinski definition) is 3. The molecule has 0 fully saturated rings. The smallest absolute Gasteiger partial charge is 0.305 e. The zero-order chi connectivity index (χ0) is 47.2. The van der Waals surface area contributed by atoms with E-state index in [0.717, 1.165) is 38.5 Å². The highest BCUT2D eigenvalue weighted by Crippen LogP contribution is 2.18. The van der Waals surface area contributed by atoms with Crippen molar-refractivity contribution in [3.63, 3.8) is 0 Å². The summed E-state index contributed by atoms with van der Waals surface area (Å²) in [7, 11) is 0. The Hall–Kier alpha value is -1.14. The molecule has 3 N–H and O–H groups in total. The number of hydrogen-bond acceptors (Lipinski definition) is 5. The minimum Gasteiger partial charge on any atom is -0.466 e. The number of amides is 1. The van der Waals surface area contributed by atoms with E-state index in [1.54, 1.807) is 0 Å². The van der Waals surface area contributed by atoms with Crippen molar-refractivity contribution in [2.24, 2.45) is 0 Å². The fraction of sp³-hybridized carbons (Fsp3) is 0.966. The Kier molecular flexibility index (Phi) is 54.5. The molecule has 0 rings (SSSR count). The van der Waals surface area contributed by atoms with Gasteiger partial charge in [-0.2, -0.15) is 0 Å². The molecule has 0 aliphatic rings. The number of ether oxygens (including phenoxy) is 1. The van der Waals surface area contributed by atoms with Crippen LogP contribution < -0.4 is 5.32 Å². The fourth-order valence-electron chi connectivity index (χ4n) is 9.58. The van der Waals surface area contributed by atoms with E-state index >= 15 is 0 Å². The monoisotopic (exact) mass is 920 g/mol. The highest BCUT2D eigenvalue weighted by Gasteiger charge is 2.20. The van der Waals surface area contributed by atoms with Crippen molar-refractivity contribution in [3.05, 3.63) is 0 Å². The molecule has 0 aliphatic heterocycles. The van der Waals surface area contributed by atoms with Crippen LogP contribution >= 0.6 is 0 Å². The van der Waals surface area contributed by atoms with Crippen molar-refractivity contribution in [2.45, 2.75) is 353 Å². The molecule has 0 aromatic heterocycles. The Morgan fingerprint density at radius 3 is 0.938 bits per heavy atom. The predicted molar refractivity (Wildman–Crippen MR) is 283 cm³/mol. The maximum absolute atomic E-state index is 12.5. The molecule has 0 bridgehead atoms. The van der Waals surface area contributed by atoms with E-state index in [1.165, 1.54) is 270 Å². The minimum atomic E-state index is -0.664. The fourth-order valence-corrected chi connectivity index (χ4v) is 9.58. The van der Waals surface area contributed by atoms with Crippen molar-refractivity contribution in [1.29, 1.82) is 0 Å². The van der Waals surface area contributed by atoms with E-state index in [0.29, 0.717) is 25.9 Å². The second-order valence-corrected chi connectivity index (χ2v) is 20.7. The topological polar surface area (TPSA) is 95.9 Å². The zero-order valence-electron chi connectivity index (χ0n) is 44.3. The lowest BCUT2D eigenvalue weighted by Crippen LogP contribution is -2.45. The number of aliphatic hydroxyl groups excluding tert-OH is 2.